The second-order valence-electron chi connectivity index (χ2n) is 2.04. The number of aryl methyl sites for hydroxylation is 1. The van der Waals surface area contributed by atoms with Gasteiger partial charge in [0.1, 0.15) is 5.03 Å². The molecule has 0 aliphatic heterocycles. The van der Waals surface area contributed by atoms with Crippen LogP contribution in [-0.2, 0) is 0 Å². The molecular formula is C7H10N2S2. The first-order valence-corrected chi connectivity index (χ1v) is 5.65. The van der Waals surface area contributed by atoms with Crippen molar-refractivity contribution in [2.45, 2.75) is 17.1 Å². The van der Waals surface area contributed by atoms with Crippen LogP contribution in [0.2, 0.25) is 0 Å². The molecule has 0 N–H and O–H groups in total. The van der Waals surface area contributed by atoms with Gasteiger partial charge >= 0.3 is 0 Å². The molecule has 1 aromatic rings. The summed E-state index contributed by atoms with van der Waals surface area (Å²) in [5.41, 5.74) is 1.04. The van der Waals surface area contributed by atoms with E-state index in [1.165, 1.54) is 0 Å². The predicted molar refractivity (Wildman–Crippen MR) is 50.3 cm³/mol. The summed E-state index contributed by atoms with van der Waals surface area (Å²) in [6.07, 6.45) is 4.00. The molecule has 0 aromatic carbocycles. The van der Waals surface area contributed by atoms with Gasteiger partial charge in [-0.1, -0.05) is 11.8 Å². The van der Waals surface area contributed by atoms with Crippen LogP contribution in [0.5, 0.6) is 0 Å². The second kappa shape index (κ2) is 3.97. The van der Waals surface area contributed by atoms with Crippen LogP contribution in [0.25, 0.3) is 0 Å². The molecule has 0 amide bonds. The average molecular weight is 186 g/mol. The van der Waals surface area contributed by atoms with Crippen LogP contribution in [0.1, 0.15) is 5.69 Å². The molecule has 11 heavy (non-hydrogen) atoms. The van der Waals surface area contributed by atoms with Crippen molar-refractivity contribution < 1.29 is 0 Å². The fourth-order valence-corrected chi connectivity index (χ4v) is 1.66. The first-order valence-electron chi connectivity index (χ1n) is 3.20. The third-order valence-electron chi connectivity index (χ3n) is 1.20. The molecular weight excluding hydrogens is 176 g/mol. The highest BCUT2D eigenvalue weighted by Crippen LogP contribution is 2.16. The van der Waals surface area contributed by atoms with E-state index in [4.69, 9.17) is 0 Å². The van der Waals surface area contributed by atoms with Gasteiger partial charge in [0.25, 0.3) is 0 Å². The SMILES string of the molecule is CSc1cc(C)nc(SC)n1. The number of rotatable bonds is 2. The molecule has 4 heteroatoms. The van der Waals surface area contributed by atoms with Gasteiger partial charge in [0.05, 0.1) is 0 Å². The summed E-state index contributed by atoms with van der Waals surface area (Å²) < 4.78 is 0. The highest BCUT2D eigenvalue weighted by atomic mass is 32.2. The highest BCUT2D eigenvalue weighted by molar-refractivity contribution is 7.99. The minimum atomic E-state index is 0.856. The molecule has 2 nitrogen and oxygen atoms in total. The Kier molecular flexibility index (Phi) is 3.20. The summed E-state index contributed by atoms with van der Waals surface area (Å²) in [5.74, 6) is 0. The van der Waals surface area contributed by atoms with Crippen LogP contribution in [0, 0.1) is 6.92 Å². The summed E-state index contributed by atoms with van der Waals surface area (Å²) in [4.78, 5) is 8.52. The molecule has 0 bridgehead atoms. The van der Waals surface area contributed by atoms with Crippen molar-refractivity contribution in [2.24, 2.45) is 0 Å². The van der Waals surface area contributed by atoms with E-state index in [1.54, 1.807) is 23.5 Å². The van der Waals surface area contributed by atoms with Crippen LogP contribution >= 0.6 is 23.5 Å². The molecule has 0 spiro atoms. The number of aromatic nitrogens is 2. The van der Waals surface area contributed by atoms with Gasteiger partial charge in [-0.05, 0) is 25.5 Å². The van der Waals surface area contributed by atoms with E-state index in [2.05, 4.69) is 9.97 Å². The third-order valence-corrected chi connectivity index (χ3v) is 2.38. The Morgan fingerprint density at radius 1 is 1.18 bits per heavy atom. The molecule has 0 aliphatic carbocycles. The zero-order chi connectivity index (χ0) is 8.27. The van der Waals surface area contributed by atoms with Gasteiger partial charge in [0, 0.05) is 5.69 Å². The number of nitrogens with zero attached hydrogens (tertiary/aromatic N) is 2. The summed E-state index contributed by atoms with van der Waals surface area (Å²) in [7, 11) is 0. The summed E-state index contributed by atoms with van der Waals surface area (Å²) in [6.45, 7) is 1.99. The maximum Gasteiger partial charge on any atom is 0.188 e. The van der Waals surface area contributed by atoms with E-state index in [9.17, 15) is 0 Å². The zero-order valence-corrected chi connectivity index (χ0v) is 8.42. The molecule has 0 fully saturated rings. The van der Waals surface area contributed by atoms with E-state index in [0.29, 0.717) is 0 Å². The lowest BCUT2D eigenvalue weighted by Crippen LogP contribution is -1.90. The summed E-state index contributed by atoms with van der Waals surface area (Å²) in [6, 6.07) is 1.99. The molecule has 1 heterocycles. The van der Waals surface area contributed by atoms with Crippen LogP contribution in [0.4, 0.5) is 0 Å². The Bertz CT molecular complexity index is 228. The number of hydrogen-bond donors (Lipinski definition) is 0. The molecule has 0 radical (unpaired) electrons. The number of hydrogen-bond acceptors (Lipinski definition) is 4. The van der Waals surface area contributed by atoms with Crippen molar-refractivity contribution in [1.29, 1.82) is 0 Å². The molecule has 60 valence electrons. The molecule has 1 rings (SSSR count). The maximum absolute atomic E-state index is 4.29. The van der Waals surface area contributed by atoms with Crippen LogP contribution < -0.4 is 0 Å². The van der Waals surface area contributed by atoms with Crippen molar-refractivity contribution in [2.75, 3.05) is 12.5 Å². The van der Waals surface area contributed by atoms with Crippen LogP contribution in [0.3, 0.4) is 0 Å². The Morgan fingerprint density at radius 2 is 1.91 bits per heavy atom. The lowest BCUT2D eigenvalue weighted by Gasteiger charge is -1.99. The summed E-state index contributed by atoms with van der Waals surface area (Å²) in [5, 5.41) is 1.90. The standard InChI is InChI=1S/C7H10N2S2/c1-5-4-6(10-2)9-7(8-5)11-3/h4H,1-3H3. The van der Waals surface area contributed by atoms with Crippen molar-refractivity contribution in [3.05, 3.63) is 11.8 Å². The maximum atomic E-state index is 4.29. The van der Waals surface area contributed by atoms with E-state index in [-0.39, 0.29) is 0 Å². The van der Waals surface area contributed by atoms with Crippen molar-refractivity contribution >= 4 is 23.5 Å². The average Bonchev–Trinajstić information content (AvgIpc) is 2.03. The molecule has 0 saturated carbocycles. The fourth-order valence-electron chi connectivity index (χ4n) is 0.709. The fraction of sp³-hybridized carbons (Fsp3) is 0.429. The third kappa shape index (κ3) is 2.38. The molecule has 1 aromatic heterocycles. The van der Waals surface area contributed by atoms with Crippen molar-refractivity contribution in [3.63, 3.8) is 0 Å². The van der Waals surface area contributed by atoms with Crippen molar-refractivity contribution in [3.8, 4) is 0 Å². The van der Waals surface area contributed by atoms with E-state index in [1.807, 2.05) is 25.5 Å². The monoisotopic (exact) mass is 186 g/mol. The predicted octanol–water partition coefficient (Wildman–Crippen LogP) is 2.23. The Labute approximate surface area is 75.2 Å². The Balaban J connectivity index is 3.02. The minimum absolute atomic E-state index is 0.856. The molecule has 0 unspecified atom stereocenters. The quantitative estimate of drug-likeness (QED) is 0.402. The smallest absolute Gasteiger partial charge is 0.188 e. The Hall–Kier alpha value is -0.220. The topological polar surface area (TPSA) is 25.8 Å². The first kappa shape index (κ1) is 8.87. The van der Waals surface area contributed by atoms with Crippen molar-refractivity contribution in [1.82, 2.24) is 9.97 Å². The normalized spacial score (nSPS) is 10.1. The molecule has 0 saturated heterocycles. The lowest BCUT2D eigenvalue weighted by atomic mass is 10.5. The van der Waals surface area contributed by atoms with E-state index in [0.717, 1.165) is 15.9 Å². The van der Waals surface area contributed by atoms with Gasteiger partial charge < -0.3 is 0 Å². The lowest BCUT2D eigenvalue weighted by molar-refractivity contribution is 0.867. The minimum Gasteiger partial charge on any atom is -0.228 e. The highest BCUT2D eigenvalue weighted by Gasteiger charge is 1.98. The van der Waals surface area contributed by atoms with Crippen LogP contribution in [-0.4, -0.2) is 22.5 Å². The Morgan fingerprint density at radius 3 is 2.45 bits per heavy atom. The van der Waals surface area contributed by atoms with Gasteiger partial charge in [-0.3, -0.25) is 0 Å². The van der Waals surface area contributed by atoms with Gasteiger partial charge in [-0.25, -0.2) is 9.97 Å². The molecule has 0 atom stereocenters. The van der Waals surface area contributed by atoms with Gasteiger partial charge in [-0.2, -0.15) is 0 Å². The summed E-state index contributed by atoms with van der Waals surface area (Å²) >= 11 is 3.22. The molecule has 0 aliphatic rings. The number of thioether (sulfide) groups is 2. The largest absolute Gasteiger partial charge is 0.228 e. The van der Waals surface area contributed by atoms with E-state index >= 15 is 0 Å². The zero-order valence-electron chi connectivity index (χ0n) is 6.79. The van der Waals surface area contributed by atoms with Crippen LogP contribution in [0.15, 0.2) is 16.2 Å². The van der Waals surface area contributed by atoms with E-state index < -0.39 is 0 Å². The van der Waals surface area contributed by atoms with Gasteiger partial charge in [0.15, 0.2) is 5.16 Å². The van der Waals surface area contributed by atoms with Gasteiger partial charge in [-0.15, -0.1) is 11.8 Å². The first-order chi connectivity index (χ1) is 5.26. The second-order valence-corrected chi connectivity index (χ2v) is 3.64. The van der Waals surface area contributed by atoms with Gasteiger partial charge in [0.2, 0.25) is 0 Å².